The second-order valence-corrected chi connectivity index (χ2v) is 4.30. The molecule has 5 heteroatoms. The highest BCUT2D eigenvalue weighted by molar-refractivity contribution is 6.30. The molecular weight excluding hydrogens is 236 g/mol. The van der Waals surface area contributed by atoms with E-state index in [-0.39, 0.29) is 0 Å². The summed E-state index contributed by atoms with van der Waals surface area (Å²) in [6, 6.07) is 5.72. The van der Waals surface area contributed by atoms with E-state index in [1.54, 1.807) is 4.68 Å². The Morgan fingerprint density at radius 1 is 1.41 bits per heavy atom. The molecule has 1 aromatic heterocycles. The molecule has 0 unspecified atom stereocenters. The average molecular weight is 251 g/mol. The van der Waals surface area contributed by atoms with Crippen LogP contribution in [0.1, 0.15) is 18.2 Å². The van der Waals surface area contributed by atoms with Crippen LogP contribution in [0.5, 0.6) is 0 Å². The molecule has 1 aromatic carbocycles. The molecule has 0 atom stereocenters. The van der Waals surface area contributed by atoms with Crippen molar-refractivity contribution in [1.29, 1.82) is 0 Å². The molecule has 0 amide bonds. The molecular formula is C12H15ClN4. The lowest BCUT2D eigenvalue weighted by molar-refractivity contribution is 0.705. The van der Waals surface area contributed by atoms with E-state index in [0.717, 1.165) is 35.1 Å². The highest BCUT2D eigenvalue weighted by Crippen LogP contribution is 2.18. The second kappa shape index (κ2) is 5.29. The number of rotatable bonds is 4. The van der Waals surface area contributed by atoms with E-state index in [9.17, 15) is 0 Å². The first-order chi connectivity index (χ1) is 8.20. The largest absolute Gasteiger partial charge is 0.311 e. The van der Waals surface area contributed by atoms with Gasteiger partial charge in [0.15, 0.2) is 0 Å². The molecule has 2 aromatic rings. The number of hydrogen-bond acceptors (Lipinski definition) is 3. The zero-order chi connectivity index (χ0) is 12.3. The molecule has 0 saturated heterocycles. The molecule has 0 saturated carbocycles. The predicted octanol–water partition coefficient (Wildman–Crippen LogP) is 2.34. The first kappa shape index (κ1) is 12.1. The van der Waals surface area contributed by atoms with Crippen LogP contribution < -0.4 is 5.32 Å². The van der Waals surface area contributed by atoms with Gasteiger partial charge in [-0.1, -0.05) is 23.7 Å². The number of nitrogens with one attached hydrogen (secondary N) is 1. The van der Waals surface area contributed by atoms with Crippen molar-refractivity contribution in [2.24, 2.45) is 0 Å². The summed E-state index contributed by atoms with van der Waals surface area (Å²) in [4.78, 5) is 0. The highest BCUT2D eigenvalue weighted by Gasteiger charge is 2.05. The van der Waals surface area contributed by atoms with Crippen LogP contribution in [-0.2, 0) is 6.54 Å². The van der Waals surface area contributed by atoms with E-state index in [1.807, 2.05) is 31.3 Å². The second-order valence-electron chi connectivity index (χ2n) is 3.87. The number of aromatic nitrogens is 3. The molecule has 90 valence electrons. The molecule has 17 heavy (non-hydrogen) atoms. The molecule has 0 bridgehead atoms. The van der Waals surface area contributed by atoms with Crippen LogP contribution in [0.2, 0.25) is 5.02 Å². The van der Waals surface area contributed by atoms with Crippen molar-refractivity contribution in [3.8, 4) is 5.69 Å². The average Bonchev–Trinajstić information content (AvgIpc) is 2.75. The predicted molar refractivity (Wildman–Crippen MR) is 68.5 cm³/mol. The van der Waals surface area contributed by atoms with Crippen LogP contribution in [0, 0.1) is 6.92 Å². The zero-order valence-corrected chi connectivity index (χ0v) is 10.7. The van der Waals surface area contributed by atoms with Crippen molar-refractivity contribution in [2.45, 2.75) is 20.4 Å². The summed E-state index contributed by atoms with van der Waals surface area (Å²) in [7, 11) is 0. The summed E-state index contributed by atoms with van der Waals surface area (Å²) in [6.45, 7) is 5.73. The van der Waals surface area contributed by atoms with Crippen LogP contribution in [0.4, 0.5) is 0 Å². The summed E-state index contributed by atoms with van der Waals surface area (Å²) in [5.41, 5.74) is 3.02. The number of hydrogen-bond donors (Lipinski definition) is 1. The maximum atomic E-state index is 5.92. The van der Waals surface area contributed by atoms with Gasteiger partial charge in [0, 0.05) is 11.6 Å². The molecule has 0 fully saturated rings. The van der Waals surface area contributed by atoms with Crippen LogP contribution in [-0.4, -0.2) is 21.5 Å². The van der Waals surface area contributed by atoms with Crippen LogP contribution >= 0.6 is 11.6 Å². The summed E-state index contributed by atoms with van der Waals surface area (Å²) < 4.78 is 1.78. The Morgan fingerprint density at radius 2 is 2.24 bits per heavy atom. The Bertz CT molecular complexity index is 507. The van der Waals surface area contributed by atoms with Crippen LogP contribution in [0.3, 0.4) is 0 Å². The van der Waals surface area contributed by atoms with Crippen molar-refractivity contribution in [3.63, 3.8) is 0 Å². The quantitative estimate of drug-likeness (QED) is 0.906. The van der Waals surface area contributed by atoms with Gasteiger partial charge in [-0.25, -0.2) is 4.68 Å². The monoisotopic (exact) mass is 250 g/mol. The Balaban J connectivity index is 2.24. The van der Waals surface area contributed by atoms with Gasteiger partial charge in [-0.3, -0.25) is 0 Å². The number of benzene rings is 1. The van der Waals surface area contributed by atoms with E-state index >= 15 is 0 Å². The van der Waals surface area contributed by atoms with Crippen LogP contribution in [0.15, 0.2) is 24.4 Å². The van der Waals surface area contributed by atoms with Crippen molar-refractivity contribution < 1.29 is 0 Å². The number of aryl methyl sites for hydroxylation is 1. The summed E-state index contributed by atoms with van der Waals surface area (Å²) in [5.74, 6) is 0. The topological polar surface area (TPSA) is 42.7 Å². The Labute approximate surface area is 106 Å². The van der Waals surface area contributed by atoms with E-state index in [0.29, 0.717) is 0 Å². The molecule has 0 aliphatic heterocycles. The molecule has 0 aliphatic carbocycles. The van der Waals surface area contributed by atoms with Gasteiger partial charge in [-0.05, 0) is 37.2 Å². The van der Waals surface area contributed by atoms with Gasteiger partial charge in [0.05, 0.1) is 17.6 Å². The first-order valence-electron chi connectivity index (χ1n) is 5.59. The Kier molecular flexibility index (Phi) is 3.76. The van der Waals surface area contributed by atoms with E-state index in [2.05, 4.69) is 22.6 Å². The SMILES string of the molecule is CCNCc1cn(-c2ccc(Cl)cc2C)nn1. The Morgan fingerprint density at radius 3 is 2.94 bits per heavy atom. The van der Waals surface area contributed by atoms with Gasteiger partial charge in [-0.2, -0.15) is 0 Å². The molecule has 0 aliphatic rings. The van der Waals surface area contributed by atoms with Crippen molar-refractivity contribution in [3.05, 3.63) is 40.7 Å². The number of halogens is 1. The fourth-order valence-electron chi connectivity index (χ4n) is 1.63. The molecule has 0 radical (unpaired) electrons. The lowest BCUT2D eigenvalue weighted by atomic mass is 10.2. The van der Waals surface area contributed by atoms with Crippen molar-refractivity contribution >= 4 is 11.6 Å². The fourth-order valence-corrected chi connectivity index (χ4v) is 1.85. The first-order valence-corrected chi connectivity index (χ1v) is 5.97. The van der Waals surface area contributed by atoms with Crippen molar-refractivity contribution in [1.82, 2.24) is 20.3 Å². The minimum atomic E-state index is 0.735. The molecule has 0 spiro atoms. The fraction of sp³-hybridized carbons (Fsp3) is 0.333. The van der Waals surface area contributed by atoms with E-state index in [4.69, 9.17) is 11.6 Å². The summed E-state index contributed by atoms with van der Waals surface area (Å²) in [5, 5.41) is 12.2. The minimum Gasteiger partial charge on any atom is -0.311 e. The van der Waals surface area contributed by atoms with Gasteiger partial charge in [0.1, 0.15) is 0 Å². The zero-order valence-electron chi connectivity index (χ0n) is 9.94. The third-order valence-electron chi connectivity index (χ3n) is 2.50. The summed E-state index contributed by atoms with van der Waals surface area (Å²) >= 11 is 5.92. The lowest BCUT2D eigenvalue weighted by Crippen LogP contribution is -2.11. The summed E-state index contributed by atoms with van der Waals surface area (Å²) in [6.07, 6.45) is 1.93. The van der Waals surface area contributed by atoms with Crippen molar-refractivity contribution in [2.75, 3.05) is 6.54 Å². The van der Waals surface area contributed by atoms with E-state index < -0.39 is 0 Å². The molecule has 4 nitrogen and oxygen atoms in total. The molecule has 2 rings (SSSR count). The smallest absolute Gasteiger partial charge is 0.0969 e. The maximum absolute atomic E-state index is 5.92. The van der Waals surface area contributed by atoms with Gasteiger partial charge in [-0.15, -0.1) is 5.10 Å². The highest BCUT2D eigenvalue weighted by atomic mass is 35.5. The van der Waals surface area contributed by atoms with Gasteiger partial charge >= 0.3 is 0 Å². The third kappa shape index (κ3) is 2.84. The lowest BCUT2D eigenvalue weighted by Gasteiger charge is -2.04. The standard InChI is InChI=1S/C12H15ClN4/c1-3-14-7-11-8-17(16-15-11)12-5-4-10(13)6-9(12)2/h4-6,8,14H,3,7H2,1-2H3. The third-order valence-corrected chi connectivity index (χ3v) is 2.74. The molecule has 1 heterocycles. The maximum Gasteiger partial charge on any atom is 0.0969 e. The molecule has 1 N–H and O–H groups in total. The van der Waals surface area contributed by atoms with E-state index in [1.165, 1.54) is 0 Å². The Hall–Kier alpha value is -1.39. The van der Waals surface area contributed by atoms with Gasteiger partial charge in [0.2, 0.25) is 0 Å². The van der Waals surface area contributed by atoms with Gasteiger partial charge in [0.25, 0.3) is 0 Å². The minimum absolute atomic E-state index is 0.735. The van der Waals surface area contributed by atoms with Crippen LogP contribution in [0.25, 0.3) is 5.69 Å². The number of nitrogens with zero attached hydrogens (tertiary/aromatic N) is 3. The normalized spacial score (nSPS) is 10.8. The van der Waals surface area contributed by atoms with Gasteiger partial charge < -0.3 is 5.32 Å².